The van der Waals surface area contributed by atoms with Gasteiger partial charge in [-0.2, -0.15) is 13.2 Å². The Balaban J connectivity index is 2.68. The third-order valence-corrected chi connectivity index (χ3v) is 3.70. The zero-order chi connectivity index (χ0) is 13.9. The van der Waals surface area contributed by atoms with E-state index in [4.69, 9.17) is 34.8 Å². The molecule has 0 bridgehead atoms. The summed E-state index contributed by atoms with van der Waals surface area (Å²) in [7, 11) is 0. The molecule has 1 unspecified atom stereocenters. The fraction of sp³-hybridized carbons (Fsp3) is 0.455. The third-order valence-electron chi connectivity index (χ3n) is 2.39. The highest BCUT2D eigenvalue weighted by molar-refractivity contribution is 6.48. The quantitative estimate of drug-likeness (QED) is 0.747. The largest absolute Gasteiger partial charge is 0.390 e. The maximum Gasteiger partial charge on any atom is 0.390 e. The van der Waals surface area contributed by atoms with Crippen LogP contribution in [0.3, 0.4) is 0 Å². The SMILES string of the molecule is CC(NCCC(F)(F)F)c1ccc(Cl)c(Cl)c1Cl. The summed E-state index contributed by atoms with van der Waals surface area (Å²) >= 11 is 17.6. The van der Waals surface area contributed by atoms with Crippen molar-refractivity contribution in [2.45, 2.75) is 25.6 Å². The summed E-state index contributed by atoms with van der Waals surface area (Å²) in [6.07, 6.45) is -5.07. The van der Waals surface area contributed by atoms with Crippen LogP contribution in [0.1, 0.15) is 24.9 Å². The topological polar surface area (TPSA) is 12.0 Å². The molecule has 1 N–H and O–H groups in total. The molecule has 0 aliphatic heterocycles. The molecule has 1 nitrogen and oxygen atoms in total. The molecule has 7 heteroatoms. The van der Waals surface area contributed by atoms with Crippen LogP contribution < -0.4 is 5.32 Å². The van der Waals surface area contributed by atoms with Crippen molar-refractivity contribution in [3.05, 3.63) is 32.8 Å². The second kappa shape index (κ2) is 6.33. The van der Waals surface area contributed by atoms with Crippen molar-refractivity contribution in [2.24, 2.45) is 0 Å². The van der Waals surface area contributed by atoms with E-state index in [0.717, 1.165) is 0 Å². The number of alkyl halides is 3. The van der Waals surface area contributed by atoms with Gasteiger partial charge in [0, 0.05) is 12.6 Å². The van der Waals surface area contributed by atoms with Crippen molar-refractivity contribution < 1.29 is 13.2 Å². The van der Waals surface area contributed by atoms with Crippen molar-refractivity contribution in [3.63, 3.8) is 0 Å². The Bertz CT molecular complexity index is 421. The smallest absolute Gasteiger partial charge is 0.310 e. The number of nitrogens with one attached hydrogen (secondary N) is 1. The van der Waals surface area contributed by atoms with Gasteiger partial charge in [-0.3, -0.25) is 0 Å². The van der Waals surface area contributed by atoms with Gasteiger partial charge < -0.3 is 5.32 Å². The summed E-state index contributed by atoms with van der Waals surface area (Å²) in [5, 5.41) is 3.52. The first-order chi connectivity index (χ1) is 8.22. The molecule has 1 aromatic rings. The molecule has 0 amide bonds. The minimum Gasteiger partial charge on any atom is -0.310 e. The van der Waals surface area contributed by atoms with E-state index in [2.05, 4.69) is 5.32 Å². The summed E-state index contributed by atoms with van der Waals surface area (Å²) in [5.41, 5.74) is 0.619. The Hall–Kier alpha value is -0.160. The number of hydrogen-bond donors (Lipinski definition) is 1. The van der Waals surface area contributed by atoms with Crippen LogP contribution >= 0.6 is 34.8 Å². The lowest BCUT2D eigenvalue weighted by Crippen LogP contribution is -2.24. The normalized spacial score (nSPS) is 13.7. The van der Waals surface area contributed by atoms with E-state index in [1.165, 1.54) is 0 Å². The van der Waals surface area contributed by atoms with Crippen molar-refractivity contribution in [3.8, 4) is 0 Å². The van der Waals surface area contributed by atoms with Crippen LogP contribution in [0, 0.1) is 0 Å². The van der Waals surface area contributed by atoms with Crippen LogP contribution in [0.5, 0.6) is 0 Å². The molecule has 0 aliphatic rings. The van der Waals surface area contributed by atoms with Gasteiger partial charge in [0.2, 0.25) is 0 Å². The predicted octanol–water partition coefficient (Wildman–Crippen LogP) is 5.25. The summed E-state index contributed by atoms with van der Waals surface area (Å²) in [6, 6.07) is 2.86. The van der Waals surface area contributed by atoms with Crippen molar-refractivity contribution in [2.75, 3.05) is 6.54 Å². The van der Waals surface area contributed by atoms with Crippen LogP contribution in [-0.2, 0) is 0 Å². The first kappa shape index (κ1) is 15.9. The predicted molar refractivity (Wildman–Crippen MR) is 68.6 cm³/mol. The van der Waals surface area contributed by atoms with Gasteiger partial charge in [0.15, 0.2) is 0 Å². The molecule has 0 spiro atoms. The lowest BCUT2D eigenvalue weighted by Gasteiger charge is -2.17. The van der Waals surface area contributed by atoms with E-state index in [9.17, 15) is 13.2 Å². The van der Waals surface area contributed by atoms with Crippen LogP contribution in [-0.4, -0.2) is 12.7 Å². The molecular weight excluding hydrogens is 309 g/mol. The second-order valence-electron chi connectivity index (χ2n) is 3.81. The molecule has 0 aliphatic carbocycles. The molecule has 0 heterocycles. The van der Waals surface area contributed by atoms with Crippen molar-refractivity contribution in [1.29, 1.82) is 0 Å². The molecule has 0 saturated heterocycles. The Labute approximate surface area is 118 Å². The molecule has 1 atom stereocenters. The number of rotatable bonds is 4. The van der Waals surface area contributed by atoms with Gasteiger partial charge in [0.05, 0.1) is 21.5 Å². The average molecular weight is 321 g/mol. The van der Waals surface area contributed by atoms with E-state index >= 15 is 0 Å². The van der Waals surface area contributed by atoms with E-state index in [1.54, 1.807) is 19.1 Å². The van der Waals surface area contributed by atoms with Gasteiger partial charge in [0.1, 0.15) is 0 Å². The Morgan fingerprint density at radius 3 is 2.33 bits per heavy atom. The van der Waals surface area contributed by atoms with Crippen LogP contribution in [0.25, 0.3) is 0 Å². The molecule has 102 valence electrons. The maximum absolute atomic E-state index is 12.0. The fourth-order valence-electron chi connectivity index (χ4n) is 1.42. The van der Waals surface area contributed by atoms with E-state index < -0.39 is 12.6 Å². The van der Waals surface area contributed by atoms with Gasteiger partial charge in [0.25, 0.3) is 0 Å². The minimum absolute atomic E-state index is 0.179. The molecule has 1 rings (SSSR count). The Kier molecular flexibility index (Phi) is 5.59. The summed E-state index contributed by atoms with van der Waals surface area (Å²) in [5.74, 6) is 0. The van der Waals surface area contributed by atoms with Crippen molar-refractivity contribution in [1.82, 2.24) is 5.32 Å². The molecule has 0 radical (unpaired) electrons. The maximum atomic E-state index is 12.0. The third kappa shape index (κ3) is 4.50. The van der Waals surface area contributed by atoms with Gasteiger partial charge in [-0.25, -0.2) is 0 Å². The molecular formula is C11H11Cl3F3N. The number of benzene rings is 1. The summed E-state index contributed by atoms with van der Waals surface area (Å²) in [4.78, 5) is 0. The average Bonchev–Trinajstić information content (AvgIpc) is 2.24. The van der Waals surface area contributed by atoms with Gasteiger partial charge >= 0.3 is 6.18 Å². The standard InChI is InChI=1S/C11H11Cl3F3N/c1-6(18-5-4-11(15,16)17)7-2-3-8(12)10(14)9(7)13/h2-3,6,18H,4-5H2,1H3. The monoisotopic (exact) mass is 319 g/mol. The Morgan fingerprint density at radius 1 is 1.17 bits per heavy atom. The lowest BCUT2D eigenvalue weighted by molar-refractivity contribution is -0.133. The van der Waals surface area contributed by atoms with Gasteiger partial charge in [-0.1, -0.05) is 40.9 Å². The fourth-order valence-corrected chi connectivity index (χ4v) is 2.12. The van der Waals surface area contributed by atoms with Crippen molar-refractivity contribution >= 4 is 34.8 Å². The molecule has 0 aromatic heterocycles. The highest BCUT2D eigenvalue weighted by atomic mass is 35.5. The van der Waals surface area contributed by atoms with Crippen LogP contribution in [0.15, 0.2) is 12.1 Å². The highest BCUT2D eigenvalue weighted by Gasteiger charge is 2.26. The number of hydrogen-bond acceptors (Lipinski definition) is 1. The zero-order valence-electron chi connectivity index (χ0n) is 9.41. The molecule has 1 aromatic carbocycles. The van der Waals surface area contributed by atoms with E-state index in [0.29, 0.717) is 10.6 Å². The second-order valence-corrected chi connectivity index (χ2v) is 4.97. The summed E-state index contributed by atoms with van der Waals surface area (Å²) in [6.45, 7) is 1.53. The molecule has 0 fully saturated rings. The first-order valence-corrected chi connectivity index (χ1v) is 6.29. The van der Waals surface area contributed by atoms with Gasteiger partial charge in [-0.15, -0.1) is 0 Å². The van der Waals surface area contributed by atoms with Crippen LogP contribution in [0.2, 0.25) is 15.1 Å². The van der Waals surface area contributed by atoms with Crippen LogP contribution in [0.4, 0.5) is 13.2 Å². The Morgan fingerprint density at radius 2 is 1.78 bits per heavy atom. The number of halogens is 6. The highest BCUT2D eigenvalue weighted by Crippen LogP contribution is 2.35. The first-order valence-electron chi connectivity index (χ1n) is 5.16. The summed E-state index contributed by atoms with van der Waals surface area (Å²) < 4.78 is 36.0. The van der Waals surface area contributed by atoms with E-state index in [-0.39, 0.29) is 22.6 Å². The minimum atomic E-state index is -4.17. The zero-order valence-corrected chi connectivity index (χ0v) is 11.7. The van der Waals surface area contributed by atoms with Gasteiger partial charge in [-0.05, 0) is 18.6 Å². The molecule has 0 saturated carbocycles. The lowest BCUT2D eigenvalue weighted by atomic mass is 10.1. The molecule has 18 heavy (non-hydrogen) atoms. The van der Waals surface area contributed by atoms with E-state index in [1.807, 2.05) is 0 Å².